The van der Waals surface area contributed by atoms with Crippen molar-refractivity contribution in [1.29, 1.82) is 0 Å². The Balaban J connectivity index is 1.99. The van der Waals surface area contributed by atoms with Crippen molar-refractivity contribution in [3.8, 4) is 0 Å². The highest BCUT2D eigenvalue weighted by Crippen LogP contribution is 2.31. The lowest BCUT2D eigenvalue weighted by Gasteiger charge is -2.25. The first-order valence-corrected chi connectivity index (χ1v) is 8.10. The second-order valence-electron chi connectivity index (χ2n) is 5.80. The monoisotopic (exact) mass is 308 g/mol. The number of aliphatic hydroxyl groups excluding tert-OH is 1. The van der Waals surface area contributed by atoms with Gasteiger partial charge in [-0.2, -0.15) is 0 Å². The number of carbonyl (C=O) groups excluding carboxylic acids is 1. The number of nitrogens with one attached hydrogen (secondary N) is 1. The number of urea groups is 1. The molecule has 2 amide bonds. The van der Waals surface area contributed by atoms with E-state index in [2.05, 4.69) is 12.2 Å². The molecule has 1 unspecified atom stereocenters. The summed E-state index contributed by atoms with van der Waals surface area (Å²) in [5.74, 6) is -0.261. The second kappa shape index (κ2) is 8.13. The van der Waals surface area contributed by atoms with E-state index in [1.165, 1.54) is 12.1 Å². The van der Waals surface area contributed by atoms with Gasteiger partial charge in [0.2, 0.25) is 0 Å². The van der Waals surface area contributed by atoms with Crippen molar-refractivity contribution in [3.63, 3.8) is 0 Å². The largest absolute Gasteiger partial charge is 0.396 e. The van der Waals surface area contributed by atoms with Crippen LogP contribution in [0.2, 0.25) is 0 Å². The van der Waals surface area contributed by atoms with E-state index < -0.39 is 0 Å². The van der Waals surface area contributed by atoms with Gasteiger partial charge in [0.1, 0.15) is 5.82 Å². The number of nitrogens with zero attached hydrogens (tertiary/aromatic N) is 1. The van der Waals surface area contributed by atoms with Crippen molar-refractivity contribution in [2.24, 2.45) is 0 Å². The summed E-state index contributed by atoms with van der Waals surface area (Å²) in [7, 11) is 0. The molecule has 0 saturated heterocycles. The van der Waals surface area contributed by atoms with Crippen molar-refractivity contribution in [3.05, 3.63) is 35.1 Å². The van der Waals surface area contributed by atoms with Crippen LogP contribution in [-0.2, 0) is 6.42 Å². The molecule has 0 fully saturated rings. The summed E-state index contributed by atoms with van der Waals surface area (Å²) in [6.07, 6.45) is 4.21. The van der Waals surface area contributed by atoms with Crippen LogP contribution in [0.1, 0.15) is 49.8 Å². The van der Waals surface area contributed by atoms with Gasteiger partial charge in [0.25, 0.3) is 0 Å². The Morgan fingerprint density at radius 2 is 2.18 bits per heavy atom. The maximum Gasteiger partial charge on any atom is 0.317 e. The molecule has 1 aliphatic carbocycles. The highest BCUT2D eigenvalue weighted by atomic mass is 19.1. The minimum atomic E-state index is -0.261. The zero-order valence-electron chi connectivity index (χ0n) is 13.1. The van der Waals surface area contributed by atoms with Gasteiger partial charge in [-0.3, -0.25) is 0 Å². The fourth-order valence-electron chi connectivity index (χ4n) is 2.89. The minimum absolute atomic E-state index is 0.0768. The van der Waals surface area contributed by atoms with Gasteiger partial charge in [0.05, 0.1) is 6.04 Å². The summed E-state index contributed by atoms with van der Waals surface area (Å²) in [6.45, 7) is 3.39. The molecule has 1 atom stereocenters. The predicted octanol–water partition coefficient (Wildman–Crippen LogP) is 3.01. The van der Waals surface area contributed by atoms with E-state index in [1.807, 2.05) is 0 Å². The Kier molecular flexibility index (Phi) is 6.19. The number of aliphatic hydroxyl groups is 1. The van der Waals surface area contributed by atoms with Crippen LogP contribution < -0.4 is 5.32 Å². The fourth-order valence-corrected chi connectivity index (χ4v) is 2.89. The number of rotatable bonds is 7. The van der Waals surface area contributed by atoms with E-state index in [1.54, 1.807) is 11.0 Å². The van der Waals surface area contributed by atoms with Crippen molar-refractivity contribution in [2.75, 3.05) is 19.7 Å². The van der Waals surface area contributed by atoms with Gasteiger partial charge >= 0.3 is 6.03 Å². The quantitative estimate of drug-likeness (QED) is 0.813. The molecule has 0 aromatic heterocycles. The molecule has 4 nitrogen and oxygen atoms in total. The van der Waals surface area contributed by atoms with E-state index in [-0.39, 0.29) is 24.5 Å². The van der Waals surface area contributed by atoms with Gasteiger partial charge in [-0.05, 0) is 48.9 Å². The van der Waals surface area contributed by atoms with Crippen LogP contribution in [0, 0.1) is 5.82 Å². The van der Waals surface area contributed by atoms with E-state index in [0.29, 0.717) is 19.5 Å². The number of hydrogen-bond donors (Lipinski definition) is 2. The molecule has 0 radical (unpaired) electrons. The molecular formula is C17H25FN2O2. The zero-order valence-corrected chi connectivity index (χ0v) is 13.1. The Morgan fingerprint density at radius 1 is 1.41 bits per heavy atom. The molecule has 2 rings (SSSR count). The van der Waals surface area contributed by atoms with Crippen molar-refractivity contribution < 1.29 is 14.3 Å². The van der Waals surface area contributed by atoms with Crippen molar-refractivity contribution in [2.45, 2.75) is 45.1 Å². The summed E-state index contributed by atoms with van der Waals surface area (Å²) in [6, 6.07) is 4.56. The summed E-state index contributed by atoms with van der Waals surface area (Å²) in [4.78, 5) is 14.2. The summed E-state index contributed by atoms with van der Waals surface area (Å²) >= 11 is 0. The van der Waals surface area contributed by atoms with E-state index in [4.69, 9.17) is 5.11 Å². The molecule has 0 bridgehead atoms. The first-order valence-electron chi connectivity index (χ1n) is 8.10. The molecule has 2 N–H and O–H groups in total. The molecule has 0 heterocycles. The second-order valence-corrected chi connectivity index (χ2v) is 5.80. The highest BCUT2D eigenvalue weighted by molar-refractivity contribution is 5.75. The average molecular weight is 308 g/mol. The highest BCUT2D eigenvalue weighted by Gasteiger charge is 2.26. The number of benzene rings is 1. The van der Waals surface area contributed by atoms with Crippen molar-refractivity contribution >= 4 is 6.03 Å². The van der Waals surface area contributed by atoms with Gasteiger partial charge < -0.3 is 15.3 Å². The molecule has 122 valence electrons. The van der Waals surface area contributed by atoms with E-state index in [0.717, 1.165) is 36.8 Å². The molecule has 22 heavy (non-hydrogen) atoms. The number of hydrogen-bond acceptors (Lipinski definition) is 2. The normalized spacial score (nSPS) is 16.4. The number of halogens is 1. The van der Waals surface area contributed by atoms with Gasteiger partial charge in [-0.1, -0.05) is 19.4 Å². The van der Waals surface area contributed by atoms with Gasteiger partial charge in [-0.25, -0.2) is 9.18 Å². The first-order chi connectivity index (χ1) is 10.7. The zero-order chi connectivity index (χ0) is 15.9. The smallest absolute Gasteiger partial charge is 0.317 e. The molecule has 5 heteroatoms. The molecule has 0 saturated carbocycles. The van der Waals surface area contributed by atoms with Crippen molar-refractivity contribution in [1.82, 2.24) is 10.2 Å². The van der Waals surface area contributed by atoms with Gasteiger partial charge in [-0.15, -0.1) is 0 Å². The standard InChI is InChI=1S/C17H25FN2O2/c1-2-3-9-20(10-4-11-21)17(22)19-16-8-6-13-5-7-14(18)12-15(13)16/h5,7,12,16,21H,2-4,6,8-11H2,1H3,(H,19,22). The molecular weight excluding hydrogens is 283 g/mol. The maximum absolute atomic E-state index is 13.4. The average Bonchev–Trinajstić information content (AvgIpc) is 2.89. The molecule has 0 aliphatic heterocycles. The van der Waals surface area contributed by atoms with Gasteiger partial charge in [0, 0.05) is 19.7 Å². The van der Waals surface area contributed by atoms with Crippen LogP contribution in [0.4, 0.5) is 9.18 Å². The number of amides is 2. The number of carbonyl (C=O) groups is 1. The molecule has 1 aromatic carbocycles. The summed E-state index contributed by atoms with van der Waals surface area (Å²) in [5, 5.41) is 12.0. The maximum atomic E-state index is 13.4. The molecule has 1 aliphatic rings. The Labute approximate surface area is 131 Å². The molecule has 0 spiro atoms. The number of unbranched alkanes of at least 4 members (excludes halogenated alkanes) is 1. The van der Waals surface area contributed by atoms with E-state index >= 15 is 0 Å². The number of aryl methyl sites for hydroxylation is 1. The van der Waals surface area contributed by atoms with Gasteiger partial charge in [0.15, 0.2) is 0 Å². The van der Waals surface area contributed by atoms with E-state index in [9.17, 15) is 9.18 Å². The lowest BCUT2D eigenvalue weighted by molar-refractivity contribution is 0.184. The minimum Gasteiger partial charge on any atom is -0.396 e. The third-order valence-electron chi connectivity index (χ3n) is 4.14. The SMILES string of the molecule is CCCCN(CCCO)C(=O)NC1CCc2ccc(F)cc21. The lowest BCUT2D eigenvalue weighted by atomic mass is 10.1. The van der Waals surface area contributed by atoms with Crippen LogP contribution in [-0.4, -0.2) is 35.7 Å². The summed E-state index contributed by atoms with van der Waals surface area (Å²) < 4.78 is 13.4. The fraction of sp³-hybridized carbons (Fsp3) is 0.588. The van der Waals surface area contributed by atoms with Crippen LogP contribution in [0.15, 0.2) is 18.2 Å². The number of fused-ring (bicyclic) bond motifs is 1. The predicted molar refractivity (Wildman–Crippen MR) is 84.2 cm³/mol. The van der Waals surface area contributed by atoms with Crippen LogP contribution in [0.25, 0.3) is 0 Å². The Morgan fingerprint density at radius 3 is 2.91 bits per heavy atom. The Hall–Kier alpha value is -1.62. The third-order valence-corrected chi connectivity index (χ3v) is 4.14. The van der Waals surface area contributed by atoms with Crippen LogP contribution >= 0.6 is 0 Å². The summed E-state index contributed by atoms with van der Waals surface area (Å²) in [5.41, 5.74) is 2.01. The first kappa shape index (κ1) is 16.7. The topological polar surface area (TPSA) is 52.6 Å². The van der Waals surface area contributed by atoms with Crippen LogP contribution in [0.5, 0.6) is 0 Å². The third kappa shape index (κ3) is 4.19. The molecule has 1 aromatic rings. The van der Waals surface area contributed by atoms with Crippen LogP contribution in [0.3, 0.4) is 0 Å². The Bertz CT molecular complexity index is 499. The lowest BCUT2D eigenvalue weighted by Crippen LogP contribution is -2.42.